The van der Waals surface area contributed by atoms with Gasteiger partial charge in [-0.15, -0.1) is 0 Å². The van der Waals surface area contributed by atoms with Crippen molar-refractivity contribution in [1.29, 1.82) is 0 Å². The van der Waals surface area contributed by atoms with E-state index in [0.29, 0.717) is 6.04 Å². The fourth-order valence-corrected chi connectivity index (χ4v) is 4.70. The van der Waals surface area contributed by atoms with E-state index in [9.17, 15) is 5.21 Å². The molecule has 1 aromatic rings. The maximum Gasteiger partial charge on any atom is 0.0742 e. The van der Waals surface area contributed by atoms with Gasteiger partial charge in [0.25, 0.3) is 0 Å². The van der Waals surface area contributed by atoms with E-state index in [-0.39, 0.29) is 0 Å². The first-order chi connectivity index (χ1) is 13.3. The number of hydrogen-bond donors (Lipinski definition) is 1. The standard InChI is InChI=1S/C22H34ClN3O/c23-19-10-9-11-20(18-19)25-14-16-26(17-15-25)22-13-8-6-4-2-1-3-5-7-12-21(22)24-27/h9-11,18,22,27H,1-8,12-17H2. The van der Waals surface area contributed by atoms with E-state index in [4.69, 9.17) is 11.6 Å². The summed E-state index contributed by atoms with van der Waals surface area (Å²) in [6.07, 6.45) is 12.4. The second-order valence-corrected chi connectivity index (χ2v) is 8.41. The molecule has 27 heavy (non-hydrogen) atoms. The Morgan fingerprint density at radius 3 is 2.22 bits per heavy atom. The van der Waals surface area contributed by atoms with Crippen molar-refractivity contribution in [3.63, 3.8) is 0 Å². The lowest BCUT2D eigenvalue weighted by Gasteiger charge is -2.40. The summed E-state index contributed by atoms with van der Waals surface area (Å²) < 4.78 is 0. The van der Waals surface area contributed by atoms with Crippen LogP contribution in [0.15, 0.2) is 29.4 Å². The van der Waals surface area contributed by atoms with Crippen LogP contribution in [0.25, 0.3) is 0 Å². The average molecular weight is 392 g/mol. The monoisotopic (exact) mass is 391 g/mol. The molecule has 1 saturated heterocycles. The van der Waals surface area contributed by atoms with E-state index in [2.05, 4.69) is 21.0 Å². The molecular formula is C22H34ClN3O. The van der Waals surface area contributed by atoms with Crippen molar-refractivity contribution >= 4 is 23.0 Å². The van der Waals surface area contributed by atoms with Gasteiger partial charge in [0.15, 0.2) is 0 Å². The highest BCUT2D eigenvalue weighted by Crippen LogP contribution is 2.24. The highest BCUT2D eigenvalue weighted by Gasteiger charge is 2.27. The van der Waals surface area contributed by atoms with Gasteiger partial charge >= 0.3 is 0 Å². The van der Waals surface area contributed by atoms with Crippen LogP contribution in [-0.4, -0.2) is 48.0 Å². The van der Waals surface area contributed by atoms with Crippen LogP contribution in [0.4, 0.5) is 5.69 Å². The Morgan fingerprint density at radius 1 is 0.889 bits per heavy atom. The fraction of sp³-hybridized carbons (Fsp3) is 0.682. The van der Waals surface area contributed by atoms with Crippen LogP contribution >= 0.6 is 11.6 Å². The molecule has 0 radical (unpaired) electrons. The number of nitrogens with zero attached hydrogens (tertiary/aromatic N) is 3. The maximum atomic E-state index is 9.69. The van der Waals surface area contributed by atoms with Crippen LogP contribution in [0, 0.1) is 0 Å². The number of hydrogen-bond acceptors (Lipinski definition) is 4. The van der Waals surface area contributed by atoms with Gasteiger partial charge in [0.1, 0.15) is 0 Å². The van der Waals surface area contributed by atoms with Gasteiger partial charge in [-0.25, -0.2) is 0 Å². The normalized spacial score (nSPS) is 25.7. The number of oxime groups is 1. The molecule has 1 atom stereocenters. The van der Waals surface area contributed by atoms with Crippen molar-refractivity contribution in [3.8, 4) is 0 Å². The summed E-state index contributed by atoms with van der Waals surface area (Å²) in [6, 6.07) is 8.44. The maximum absolute atomic E-state index is 9.69. The number of piperazine rings is 1. The zero-order valence-electron chi connectivity index (χ0n) is 16.5. The topological polar surface area (TPSA) is 39.1 Å². The smallest absolute Gasteiger partial charge is 0.0742 e. The van der Waals surface area contributed by atoms with Gasteiger partial charge in [0, 0.05) is 36.9 Å². The van der Waals surface area contributed by atoms with Crippen LogP contribution in [0.2, 0.25) is 5.02 Å². The van der Waals surface area contributed by atoms with E-state index in [1.165, 1.54) is 50.6 Å². The van der Waals surface area contributed by atoms with E-state index in [1.807, 2.05) is 18.2 Å². The molecule has 1 aliphatic carbocycles. The minimum atomic E-state index is 0.302. The number of rotatable bonds is 2. The van der Waals surface area contributed by atoms with Crippen molar-refractivity contribution in [2.75, 3.05) is 31.1 Å². The first-order valence-corrected chi connectivity index (χ1v) is 11.1. The Balaban J connectivity index is 1.61. The van der Waals surface area contributed by atoms with Crippen LogP contribution < -0.4 is 4.90 Å². The highest BCUT2D eigenvalue weighted by atomic mass is 35.5. The van der Waals surface area contributed by atoms with Gasteiger partial charge in [-0.05, 0) is 37.5 Å². The van der Waals surface area contributed by atoms with Gasteiger partial charge in [-0.3, -0.25) is 4.90 Å². The molecule has 1 aromatic carbocycles. The lowest BCUT2D eigenvalue weighted by Crippen LogP contribution is -2.52. The number of halogens is 1. The molecule has 150 valence electrons. The third-order valence-corrected chi connectivity index (χ3v) is 6.34. The highest BCUT2D eigenvalue weighted by molar-refractivity contribution is 6.30. The summed E-state index contributed by atoms with van der Waals surface area (Å²) in [6.45, 7) is 4.01. The van der Waals surface area contributed by atoms with Gasteiger partial charge in [0.2, 0.25) is 0 Å². The summed E-state index contributed by atoms with van der Waals surface area (Å²) in [5, 5.41) is 14.3. The first kappa shape index (κ1) is 20.5. The second-order valence-electron chi connectivity index (χ2n) is 7.98. The fourth-order valence-electron chi connectivity index (χ4n) is 4.51. The lowest BCUT2D eigenvalue weighted by molar-refractivity contribution is 0.208. The molecule has 1 heterocycles. The van der Waals surface area contributed by atoms with Gasteiger partial charge in [-0.1, -0.05) is 67.8 Å². The first-order valence-electron chi connectivity index (χ1n) is 10.7. The Kier molecular flexibility index (Phi) is 8.28. The van der Waals surface area contributed by atoms with Crippen LogP contribution in [-0.2, 0) is 0 Å². The minimum Gasteiger partial charge on any atom is -0.411 e. The van der Waals surface area contributed by atoms with Crippen LogP contribution in [0.5, 0.6) is 0 Å². The predicted octanol–water partition coefficient (Wildman–Crippen LogP) is 5.58. The van der Waals surface area contributed by atoms with Crippen LogP contribution in [0.3, 0.4) is 0 Å². The Hall–Kier alpha value is -1.26. The van der Waals surface area contributed by atoms with Crippen molar-refractivity contribution in [2.24, 2.45) is 5.16 Å². The molecular weight excluding hydrogens is 358 g/mol. The third kappa shape index (κ3) is 6.11. The molecule has 0 amide bonds. The quantitative estimate of drug-likeness (QED) is 0.528. The van der Waals surface area contributed by atoms with E-state index >= 15 is 0 Å². The van der Waals surface area contributed by atoms with E-state index < -0.39 is 0 Å². The predicted molar refractivity (Wildman–Crippen MR) is 114 cm³/mol. The van der Waals surface area contributed by atoms with Gasteiger partial charge in [0.05, 0.1) is 11.8 Å². The van der Waals surface area contributed by atoms with Crippen molar-refractivity contribution in [1.82, 2.24) is 4.90 Å². The molecule has 1 N–H and O–H groups in total. The molecule has 5 heteroatoms. The van der Waals surface area contributed by atoms with E-state index in [0.717, 1.165) is 56.2 Å². The Bertz CT molecular complexity index is 599. The molecule has 2 fully saturated rings. The molecule has 0 spiro atoms. The summed E-state index contributed by atoms with van der Waals surface area (Å²) >= 11 is 6.16. The van der Waals surface area contributed by atoms with E-state index in [1.54, 1.807) is 0 Å². The summed E-state index contributed by atoms with van der Waals surface area (Å²) in [7, 11) is 0. The number of benzene rings is 1. The summed E-state index contributed by atoms with van der Waals surface area (Å²) in [5.41, 5.74) is 2.21. The zero-order chi connectivity index (χ0) is 18.9. The Labute approximate surface area is 169 Å². The molecule has 3 rings (SSSR count). The van der Waals surface area contributed by atoms with Gasteiger partial charge < -0.3 is 10.1 Å². The lowest BCUT2D eigenvalue weighted by atomic mass is 9.95. The van der Waals surface area contributed by atoms with Gasteiger partial charge in [-0.2, -0.15) is 0 Å². The molecule has 2 aliphatic rings. The second kappa shape index (κ2) is 10.9. The molecule has 1 saturated carbocycles. The minimum absolute atomic E-state index is 0.302. The number of anilines is 1. The SMILES string of the molecule is ON=C1CCCCCCCCCCC1N1CCN(c2cccc(Cl)c2)CC1. The molecule has 4 nitrogen and oxygen atoms in total. The van der Waals surface area contributed by atoms with Crippen molar-refractivity contribution in [2.45, 2.75) is 70.3 Å². The molecule has 1 unspecified atom stereocenters. The Morgan fingerprint density at radius 2 is 1.56 bits per heavy atom. The summed E-state index contributed by atoms with van der Waals surface area (Å²) in [5.74, 6) is 0. The zero-order valence-corrected chi connectivity index (χ0v) is 17.2. The summed E-state index contributed by atoms with van der Waals surface area (Å²) in [4.78, 5) is 4.95. The largest absolute Gasteiger partial charge is 0.411 e. The van der Waals surface area contributed by atoms with Crippen molar-refractivity contribution < 1.29 is 5.21 Å². The third-order valence-electron chi connectivity index (χ3n) is 6.10. The van der Waals surface area contributed by atoms with Crippen LogP contribution in [0.1, 0.15) is 64.2 Å². The molecule has 0 bridgehead atoms. The van der Waals surface area contributed by atoms with Crippen molar-refractivity contribution in [3.05, 3.63) is 29.3 Å². The average Bonchev–Trinajstić information content (AvgIpc) is 2.69. The molecule has 1 aliphatic heterocycles. The molecule has 0 aromatic heterocycles.